The molecule has 3 aromatic rings. The summed E-state index contributed by atoms with van der Waals surface area (Å²) in [6.45, 7) is 1.73. The molecule has 0 bridgehead atoms. The number of benzene rings is 2. The van der Waals surface area contributed by atoms with Gasteiger partial charge < -0.3 is 9.84 Å². The molecule has 0 aliphatic carbocycles. The van der Waals surface area contributed by atoms with Gasteiger partial charge >= 0.3 is 0 Å². The third kappa shape index (κ3) is 3.50. The van der Waals surface area contributed by atoms with Gasteiger partial charge in [0, 0.05) is 23.1 Å². The smallest absolute Gasteiger partial charge is 0.300 e. The van der Waals surface area contributed by atoms with Gasteiger partial charge in [0.2, 0.25) is 0 Å². The fraction of sp³-hybridized carbons (Fsp3) is 0.125. The Balaban J connectivity index is 2.01. The van der Waals surface area contributed by atoms with E-state index in [0.29, 0.717) is 21.8 Å². The topological polar surface area (TPSA) is 79.7 Å². The fourth-order valence-corrected chi connectivity index (χ4v) is 3.98. The molecule has 1 aliphatic heterocycles. The zero-order chi connectivity index (χ0) is 23.0. The highest BCUT2D eigenvalue weighted by atomic mass is 35.5. The Morgan fingerprint density at radius 1 is 1.16 bits per heavy atom. The van der Waals surface area contributed by atoms with Crippen LogP contribution in [0.25, 0.3) is 5.76 Å². The summed E-state index contributed by atoms with van der Waals surface area (Å²) < 4.78 is 19.2. The van der Waals surface area contributed by atoms with E-state index in [0.717, 1.165) is 6.07 Å². The van der Waals surface area contributed by atoms with Gasteiger partial charge in [0.05, 0.1) is 24.3 Å². The van der Waals surface area contributed by atoms with Crippen LogP contribution in [0.4, 0.5) is 10.1 Å². The van der Waals surface area contributed by atoms with Crippen LogP contribution in [-0.4, -0.2) is 28.9 Å². The lowest BCUT2D eigenvalue weighted by Gasteiger charge is -2.27. The number of carbonyl (C=O) groups is 2. The standard InChI is InChI=1S/C24H18ClFN2O4/c1-13-17(25)4-3-5-18(13)28-21(14-8-10-27-11-9-14)20(23(30)24(28)31)22(29)16-12-15(26)6-7-19(16)32-2/h3-12,21,29H,1-2H3/b22-20+. The predicted octanol–water partition coefficient (Wildman–Crippen LogP) is 4.82. The number of aliphatic hydroxyl groups excluding tert-OH is 1. The minimum Gasteiger partial charge on any atom is -0.507 e. The number of carbonyl (C=O) groups excluding carboxylic acids is 2. The largest absolute Gasteiger partial charge is 0.507 e. The lowest BCUT2D eigenvalue weighted by Crippen LogP contribution is -2.30. The summed E-state index contributed by atoms with van der Waals surface area (Å²) in [4.78, 5) is 31.6. The first-order valence-corrected chi connectivity index (χ1v) is 10.0. The average molecular weight is 453 g/mol. The molecule has 0 radical (unpaired) electrons. The molecule has 1 saturated heterocycles. The van der Waals surface area contributed by atoms with Crippen molar-refractivity contribution in [2.45, 2.75) is 13.0 Å². The van der Waals surface area contributed by atoms with E-state index in [4.69, 9.17) is 16.3 Å². The van der Waals surface area contributed by atoms with E-state index in [1.165, 1.54) is 36.5 Å². The molecule has 8 heteroatoms. The molecular weight excluding hydrogens is 435 g/mol. The van der Waals surface area contributed by atoms with Crippen LogP contribution in [0.3, 0.4) is 0 Å². The number of hydrogen-bond acceptors (Lipinski definition) is 5. The summed E-state index contributed by atoms with van der Waals surface area (Å²) in [5.41, 5.74) is 1.33. The Morgan fingerprint density at radius 2 is 1.88 bits per heavy atom. The second-order valence-electron chi connectivity index (χ2n) is 7.18. The molecule has 0 spiro atoms. The van der Waals surface area contributed by atoms with Crippen molar-refractivity contribution in [1.29, 1.82) is 0 Å². The van der Waals surface area contributed by atoms with E-state index in [-0.39, 0.29) is 16.9 Å². The van der Waals surface area contributed by atoms with Crippen molar-refractivity contribution in [1.82, 2.24) is 4.98 Å². The van der Waals surface area contributed by atoms with Gasteiger partial charge in [-0.15, -0.1) is 0 Å². The van der Waals surface area contributed by atoms with Gasteiger partial charge in [0.25, 0.3) is 11.7 Å². The number of pyridine rings is 1. The monoisotopic (exact) mass is 452 g/mol. The molecule has 1 atom stereocenters. The maximum absolute atomic E-state index is 14.0. The van der Waals surface area contributed by atoms with Crippen molar-refractivity contribution in [2.75, 3.05) is 12.0 Å². The quantitative estimate of drug-likeness (QED) is 0.349. The molecule has 2 heterocycles. The lowest BCUT2D eigenvalue weighted by molar-refractivity contribution is -0.132. The van der Waals surface area contributed by atoms with Crippen molar-refractivity contribution < 1.29 is 23.8 Å². The molecule has 4 rings (SSSR count). The predicted molar refractivity (Wildman–Crippen MR) is 118 cm³/mol. The molecule has 1 fully saturated rings. The minimum absolute atomic E-state index is 0.0348. The molecule has 162 valence electrons. The second kappa shape index (κ2) is 8.43. The van der Waals surface area contributed by atoms with Crippen molar-refractivity contribution in [3.63, 3.8) is 0 Å². The average Bonchev–Trinajstić information content (AvgIpc) is 3.06. The van der Waals surface area contributed by atoms with Crippen molar-refractivity contribution in [2.24, 2.45) is 0 Å². The number of methoxy groups -OCH3 is 1. The second-order valence-corrected chi connectivity index (χ2v) is 7.59. The van der Waals surface area contributed by atoms with E-state index in [9.17, 15) is 19.1 Å². The molecule has 1 unspecified atom stereocenters. The molecule has 1 aromatic heterocycles. The highest BCUT2D eigenvalue weighted by Gasteiger charge is 2.47. The number of amides is 1. The number of ketones is 1. The first-order chi connectivity index (χ1) is 15.3. The fourth-order valence-electron chi connectivity index (χ4n) is 3.81. The van der Waals surface area contributed by atoms with Gasteiger partial charge in [-0.3, -0.25) is 19.5 Å². The van der Waals surface area contributed by atoms with E-state index < -0.39 is 29.3 Å². The molecule has 0 saturated carbocycles. The maximum Gasteiger partial charge on any atom is 0.300 e. The van der Waals surface area contributed by atoms with Gasteiger partial charge in [0.15, 0.2) is 0 Å². The number of Topliss-reactive ketones (excluding diaryl/α,β-unsaturated/α-hetero) is 1. The number of anilines is 1. The van der Waals surface area contributed by atoms with Gasteiger partial charge in [0.1, 0.15) is 17.3 Å². The van der Waals surface area contributed by atoms with Crippen LogP contribution < -0.4 is 9.64 Å². The third-order valence-electron chi connectivity index (χ3n) is 5.38. The Morgan fingerprint density at radius 3 is 2.56 bits per heavy atom. The number of aromatic nitrogens is 1. The van der Waals surface area contributed by atoms with Crippen LogP contribution in [0, 0.1) is 12.7 Å². The molecular formula is C24H18ClFN2O4. The van der Waals surface area contributed by atoms with Crippen LogP contribution in [-0.2, 0) is 9.59 Å². The van der Waals surface area contributed by atoms with E-state index in [2.05, 4.69) is 4.98 Å². The minimum atomic E-state index is -0.983. The van der Waals surface area contributed by atoms with Crippen LogP contribution in [0.1, 0.15) is 22.7 Å². The number of rotatable bonds is 4. The van der Waals surface area contributed by atoms with Gasteiger partial charge in [-0.05, 0) is 60.5 Å². The Kier molecular flexibility index (Phi) is 5.67. The number of nitrogens with zero attached hydrogens (tertiary/aromatic N) is 2. The number of aliphatic hydroxyl groups is 1. The van der Waals surface area contributed by atoms with Crippen molar-refractivity contribution in [3.8, 4) is 5.75 Å². The SMILES string of the molecule is COc1ccc(F)cc1/C(O)=C1\C(=O)C(=O)N(c2cccc(Cl)c2C)C1c1ccncc1. The van der Waals surface area contributed by atoms with Crippen LogP contribution in [0.5, 0.6) is 5.75 Å². The Bertz CT molecular complexity index is 1260. The highest BCUT2D eigenvalue weighted by Crippen LogP contribution is 2.44. The summed E-state index contributed by atoms with van der Waals surface area (Å²) in [7, 11) is 1.36. The van der Waals surface area contributed by atoms with Crippen LogP contribution in [0.15, 0.2) is 66.5 Å². The highest BCUT2D eigenvalue weighted by molar-refractivity contribution is 6.52. The number of ether oxygens (including phenoxy) is 1. The lowest BCUT2D eigenvalue weighted by atomic mass is 9.95. The summed E-state index contributed by atoms with van der Waals surface area (Å²) in [6, 6.07) is 10.9. The third-order valence-corrected chi connectivity index (χ3v) is 5.79. The molecule has 2 aromatic carbocycles. The first-order valence-electron chi connectivity index (χ1n) is 9.65. The number of halogens is 2. The van der Waals surface area contributed by atoms with Gasteiger partial charge in [-0.2, -0.15) is 0 Å². The zero-order valence-corrected chi connectivity index (χ0v) is 17.9. The first kappa shape index (κ1) is 21.5. The van der Waals surface area contributed by atoms with Gasteiger partial charge in [-0.25, -0.2) is 4.39 Å². The van der Waals surface area contributed by atoms with Crippen LogP contribution >= 0.6 is 11.6 Å². The molecule has 1 N–H and O–H groups in total. The summed E-state index contributed by atoms with van der Waals surface area (Å²) >= 11 is 6.27. The summed E-state index contributed by atoms with van der Waals surface area (Å²) in [6.07, 6.45) is 3.03. The van der Waals surface area contributed by atoms with E-state index in [1.54, 1.807) is 37.3 Å². The van der Waals surface area contributed by atoms with Gasteiger partial charge in [-0.1, -0.05) is 17.7 Å². The number of hydrogen-bond donors (Lipinski definition) is 1. The van der Waals surface area contributed by atoms with Crippen molar-refractivity contribution >= 4 is 34.7 Å². The van der Waals surface area contributed by atoms with E-state index in [1.807, 2.05) is 0 Å². The molecule has 6 nitrogen and oxygen atoms in total. The Hall–Kier alpha value is -3.71. The summed E-state index contributed by atoms with van der Waals surface area (Å²) in [5.74, 6) is -2.76. The van der Waals surface area contributed by atoms with E-state index >= 15 is 0 Å². The molecule has 32 heavy (non-hydrogen) atoms. The Labute approximate surface area is 188 Å². The van der Waals surface area contributed by atoms with Crippen LogP contribution in [0.2, 0.25) is 5.02 Å². The summed E-state index contributed by atoms with van der Waals surface area (Å²) in [5, 5.41) is 11.6. The normalized spacial score (nSPS) is 17.6. The maximum atomic E-state index is 14.0. The zero-order valence-electron chi connectivity index (χ0n) is 17.2. The van der Waals surface area contributed by atoms with Crippen molar-refractivity contribution in [3.05, 3.63) is 94.0 Å². The molecule has 1 amide bonds. The molecule has 1 aliphatic rings.